The summed E-state index contributed by atoms with van der Waals surface area (Å²) in [7, 11) is 1.75. The minimum absolute atomic E-state index is 0.103. The molecule has 0 unspecified atom stereocenters. The fourth-order valence-electron chi connectivity index (χ4n) is 2.11. The Balaban J connectivity index is 1.71. The third-order valence-electron chi connectivity index (χ3n) is 3.30. The van der Waals surface area contributed by atoms with E-state index in [2.05, 4.69) is 11.1 Å². The van der Waals surface area contributed by atoms with Crippen LogP contribution in [0.3, 0.4) is 0 Å². The number of nitrogens with zero attached hydrogens (tertiary/aromatic N) is 3. The van der Waals surface area contributed by atoms with Gasteiger partial charge in [-0.15, -0.1) is 22.7 Å². The lowest BCUT2D eigenvalue weighted by Crippen LogP contribution is -2.26. The summed E-state index contributed by atoms with van der Waals surface area (Å²) in [5.74, 6) is -0.103. The highest BCUT2D eigenvalue weighted by Gasteiger charge is 2.16. The number of hydrogen-bond acceptors (Lipinski definition) is 5. The first kappa shape index (κ1) is 15.4. The molecule has 6 heteroatoms. The highest BCUT2D eigenvalue weighted by molar-refractivity contribution is 7.20. The number of carbonyl (C=O) groups excluding carboxylic acids is 1. The van der Waals surface area contributed by atoms with Gasteiger partial charge in [0, 0.05) is 19.0 Å². The van der Waals surface area contributed by atoms with E-state index in [0.717, 1.165) is 15.4 Å². The van der Waals surface area contributed by atoms with Crippen molar-refractivity contribution in [2.45, 2.75) is 6.54 Å². The molecule has 0 aliphatic rings. The number of thiazole rings is 1. The van der Waals surface area contributed by atoms with E-state index in [1.54, 1.807) is 40.8 Å². The summed E-state index contributed by atoms with van der Waals surface area (Å²) in [6.45, 7) is 0.483. The molecule has 0 spiro atoms. The predicted octanol–water partition coefficient (Wildman–Crippen LogP) is 4.02. The molecular formula is C17H13N3OS2. The van der Waals surface area contributed by atoms with Crippen molar-refractivity contribution in [2.24, 2.45) is 0 Å². The molecule has 0 aliphatic carbocycles. The Morgan fingerprint density at radius 1 is 1.26 bits per heavy atom. The number of nitriles is 1. The second-order valence-electron chi connectivity index (χ2n) is 4.99. The zero-order valence-electron chi connectivity index (χ0n) is 12.4. The smallest absolute Gasteiger partial charge is 0.273 e. The highest BCUT2D eigenvalue weighted by Crippen LogP contribution is 2.28. The fourth-order valence-corrected chi connectivity index (χ4v) is 3.72. The number of amides is 1. The second-order valence-corrected chi connectivity index (χ2v) is 6.79. The molecule has 3 rings (SSSR count). The van der Waals surface area contributed by atoms with Gasteiger partial charge in [-0.2, -0.15) is 5.26 Å². The summed E-state index contributed by atoms with van der Waals surface area (Å²) in [5, 5.41) is 13.5. The van der Waals surface area contributed by atoms with E-state index >= 15 is 0 Å². The van der Waals surface area contributed by atoms with Crippen molar-refractivity contribution >= 4 is 28.6 Å². The van der Waals surface area contributed by atoms with E-state index in [0.29, 0.717) is 17.8 Å². The van der Waals surface area contributed by atoms with Crippen LogP contribution in [-0.2, 0) is 6.54 Å². The Bertz CT molecular complexity index is 845. The third kappa shape index (κ3) is 3.47. The van der Waals surface area contributed by atoms with Crippen LogP contribution >= 0.6 is 22.7 Å². The second kappa shape index (κ2) is 6.73. The Morgan fingerprint density at radius 3 is 2.70 bits per heavy atom. The zero-order valence-corrected chi connectivity index (χ0v) is 14.0. The number of aromatic nitrogens is 1. The van der Waals surface area contributed by atoms with Crippen molar-refractivity contribution < 1.29 is 4.79 Å². The molecule has 23 heavy (non-hydrogen) atoms. The van der Waals surface area contributed by atoms with E-state index < -0.39 is 0 Å². The van der Waals surface area contributed by atoms with Crippen LogP contribution in [0.4, 0.5) is 0 Å². The molecule has 4 nitrogen and oxygen atoms in total. The third-order valence-corrected chi connectivity index (χ3v) is 5.19. The monoisotopic (exact) mass is 339 g/mol. The minimum atomic E-state index is -0.103. The number of thiophene rings is 1. The number of benzene rings is 1. The van der Waals surface area contributed by atoms with Gasteiger partial charge in [0.15, 0.2) is 0 Å². The molecule has 2 heterocycles. The topological polar surface area (TPSA) is 57.0 Å². The van der Waals surface area contributed by atoms with E-state index in [1.807, 2.05) is 29.6 Å². The molecule has 0 radical (unpaired) electrons. The summed E-state index contributed by atoms with van der Waals surface area (Å²) in [6, 6.07) is 13.3. The lowest BCUT2D eigenvalue weighted by molar-refractivity contribution is 0.0780. The average molecular weight is 339 g/mol. The summed E-state index contributed by atoms with van der Waals surface area (Å²) in [4.78, 5) is 19.6. The molecule has 1 aromatic carbocycles. The molecule has 0 bridgehead atoms. The number of carbonyl (C=O) groups is 1. The van der Waals surface area contributed by atoms with E-state index in [9.17, 15) is 4.79 Å². The lowest BCUT2D eigenvalue weighted by atomic mass is 10.1. The van der Waals surface area contributed by atoms with Crippen molar-refractivity contribution in [1.82, 2.24) is 9.88 Å². The van der Waals surface area contributed by atoms with Crippen molar-refractivity contribution in [3.63, 3.8) is 0 Å². The van der Waals surface area contributed by atoms with Crippen LogP contribution in [-0.4, -0.2) is 22.8 Å². The van der Waals surface area contributed by atoms with Crippen LogP contribution in [0, 0.1) is 11.3 Å². The van der Waals surface area contributed by atoms with E-state index in [1.165, 1.54) is 11.3 Å². The highest BCUT2D eigenvalue weighted by atomic mass is 32.1. The Hall–Kier alpha value is -2.49. The van der Waals surface area contributed by atoms with Crippen LogP contribution in [0.5, 0.6) is 0 Å². The first-order chi connectivity index (χ1) is 11.2. The first-order valence-electron chi connectivity index (χ1n) is 6.91. The van der Waals surface area contributed by atoms with Gasteiger partial charge < -0.3 is 4.90 Å². The van der Waals surface area contributed by atoms with Crippen molar-refractivity contribution in [3.8, 4) is 16.0 Å². The van der Waals surface area contributed by atoms with Gasteiger partial charge in [-0.3, -0.25) is 4.79 Å². The maximum absolute atomic E-state index is 12.5. The fraction of sp³-hybridized carbons (Fsp3) is 0.118. The van der Waals surface area contributed by atoms with Gasteiger partial charge in [-0.1, -0.05) is 18.2 Å². The van der Waals surface area contributed by atoms with Gasteiger partial charge >= 0.3 is 0 Å². The summed E-state index contributed by atoms with van der Waals surface area (Å²) in [5.41, 5.74) is 2.06. The lowest BCUT2D eigenvalue weighted by Gasteiger charge is -2.15. The Kier molecular flexibility index (Phi) is 4.51. The van der Waals surface area contributed by atoms with Crippen LogP contribution in [0.15, 0.2) is 47.2 Å². The standard InChI is InChI=1S/C17H13N3OS2/c1-20(10-13-6-4-12(9-18)5-7-13)17(21)14-11-23-16(19-14)15-3-2-8-22-15/h2-8,11H,10H2,1H3. The van der Waals surface area contributed by atoms with Crippen molar-refractivity contribution in [2.75, 3.05) is 7.05 Å². The predicted molar refractivity (Wildman–Crippen MR) is 92.4 cm³/mol. The maximum atomic E-state index is 12.5. The van der Waals surface area contributed by atoms with Crippen molar-refractivity contribution in [3.05, 3.63) is 64.0 Å². The van der Waals surface area contributed by atoms with E-state index in [-0.39, 0.29) is 5.91 Å². The first-order valence-corrected chi connectivity index (χ1v) is 8.67. The zero-order chi connectivity index (χ0) is 16.2. The summed E-state index contributed by atoms with van der Waals surface area (Å²) >= 11 is 3.09. The largest absolute Gasteiger partial charge is 0.336 e. The molecule has 0 atom stereocenters. The molecular weight excluding hydrogens is 326 g/mol. The SMILES string of the molecule is CN(Cc1ccc(C#N)cc1)C(=O)c1csc(-c2cccs2)n1. The summed E-state index contributed by atoms with van der Waals surface area (Å²) < 4.78 is 0. The van der Waals surface area contributed by atoms with Gasteiger partial charge in [0.25, 0.3) is 5.91 Å². The number of hydrogen-bond donors (Lipinski definition) is 0. The van der Waals surface area contributed by atoms with Crippen LogP contribution in [0.2, 0.25) is 0 Å². The van der Waals surface area contributed by atoms with Gasteiger partial charge in [0.2, 0.25) is 0 Å². The van der Waals surface area contributed by atoms with Crippen LogP contribution < -0.4 is 0 Å². The minimum Gasteiger partial charge on any atom is -0.336 e. The average Bonchev–Trinajstić information content (AvgIpc) is 3.26. The van der Waals surface area contributed by atoms with Gasteiger partial charge in [-0.05, 0) is 29.1 Å². The molecule has 0 N–H and O–H groups in total. The quantitative estimate of drug-likeness (QED) is 0.721. The molecule has 0 saturated carbocycles. The van der Waals surface area contributed by atoms with Crippen LogP contribution in [0.1, 0.15) is 21.6 Å². The van der Waals surface area contributed by atoms with Gasteiger partial charge in [0.05, 0.1) is 16.5 Å². The molecule has 0 fully saturated rings. The Labute approximate surface area is 142 Å². The molecule has 0 aliphatic heterocycles. The molecule has 1 amide bonds. The molecule has 3 aromatic rings. The Morgan fingerprint density at radius 2 is 2.04 bits per heavy atom. The summed E-state index contributed by atoms with van der Waals surface area (Å²) in [6.07, 6.45) is 0. The van der Waals surface area contributed by atoms with Gasteiger partial charge in [-0.25, -0.2) is 4.98 Å². The van der Waals surface area contributed by atoms with Gasteiger partial charge in [0.1, 0.15) is 10.7 Å². The van der Waals surface area contributed by atoms with E-state index in [4.69, 9.17) is 5.26 Å². The number of rotatable bonds is 4. The molecule has 2 aromatic heterocycles. The maximum Gasteiger partial charge on any atom is 0.273 e. The van der Waals surface area contributed by atoms with Crippen molar-refractivity contribution in [1.29, 1.82) is 5.26 Å². The normalized spacial score (nSPS) is 10.3. The molecule has 0 saturated heterocycles. The van der Waals surface area contributed by atoms with Crippen LogP contribution in [0.25, 0.3) is 9.88 Å². The molecule has 114 valence electrons.